The second-order valence-electron chi connectivity index (χ2n) is 3.51. The predicted octanol–water partition coefficient (Wildman–Crippen LogP) is 3.17. The Labute approximate surface area is 100 Å². The Bertz CT molecular complexity index is 609. The van der Waals surface area contributed by atoms with Gasteiger partial charge in [0.05, 0.1) is 4.90 Å². The van der Waals surface area contributed by atoms with Gasteiger partial charge in [-0.1, -0.05) is 12.1 Å². The molecule has 2 aromatic rings. The van der Waals surface area contributed by atoms with Crippen LogP contribution in [0.4, 0.5) is 0 Å². The van der Waals surface area contributed by atoms with E-state index in [4.69, 9.17) is 14.0 Å². The highest BCUT2D eigenvalue weighted by Crippen LogP contribution is 2.45. The maximum absolute atomic E-state index is 10.9. The van der Waals surface area contributed by atoms with Crippen LogP contribution in [0.3, 0.4) is 0 Å². The number of ether oxygens (including phenoxy) is 2. The molecule has 0 bridgehead atoms. The van der Waals surface area contributed by atoms with Crippen molar-refractivity contribution < 1.29 is 18.2 Å². The lowest BCUT2D eigenvalue weighted by molar-refractivity contribution is 0.358. The highest BCUT2D eigenvalue weighted by molar-refractivity contribution is 7.79. The van der Waals surface area contributed by atoms with Gasteiger partial charge in [0.25, 0.3) is 0 Å². The standard InChI is InChI=1S/C12H8O4S/c13-17(14)8-5-6-11-12(7-8)16-10-4-2-1-3-9(10)15-11/h1-7H,(H,13,14). The molecule has 0 saturated carbocycles. The SMILES string of the molecule is O=S(O)c1ccc2c(c1)Oc1ccccc1O2. The molecule has 0 spiro atoms. The van der Waals surface area contributed by atoms with Crippen molar-refractivity contribution in [3.63, 3.8) is 0 Å². The van der Waals surface area contributed by atoms with Crippen LogP contribution in [-0.2, 0) is 11.1 Å². The van der Waals surface area contributed by atoms with Crippen molar-refractivity contribution in [3.8, 4) is 23.0 Å². The van der Waals surface area contributed by atoms with Crippen LogP contribution in [0.15, 0.2) is 47.4 Å². The van der Waals surface area contributed by atoms with Crippen LogP contribution in [0.25, 0.3) is 0 Å². The fourth-order valence-corrected chi connectivity index (χ4v) is 2.01. The van der Waals surface area contributed by atoms with Crippen molar-refractivity contribution in [1.82, 2.24) is 0 Å². The summed E-state index contributed by atoms with van der Waals surface area (Å²) in [5.41, 5.74) is 0. The Morgan fingerprint density at radius 3 is 2.12 bits per heavy atom. The van der Waals surface area contributed by atoms with E-state index in [1.54, 1.807) is 18.2 Å². The summed E-state index contributed by atoms with van der Waals surface area (Å²) in [5, 5.41) is 0. The Balaban J connectivity index is 2.06. The Kier molecular flexibility index (Phi) is 2.35. The fourth-order valence-electron chi connectivity index (χ4n) is 1.62. The number of fused-ring (bicyclic) bond motifs is 2. The molecule has 1 aliphatic rings. The van der Waals surface area contributed by atoms with Gasteiger partial charge in [-0.3, -0.25) is 0 Å². The molecule has 1 unspecified atom stereocenters. The first-order valence-corrected chi connectivity index (χ1v) is 6.04. The molecule has 0 radical (unpaired) electrons. The van der Waals surface area contributed by atoms with Gasteiger partial charge in [0.1, 0.15) is 0 Å². The van der Waals surface area contributed by atoms with E-state index in [1.807, 2.05) is 12.1 Å². The van der Waals surface area contributed by atoms with Gasteiger partial charge in [-0.15, -0.1) is 0 Å². The van der Waals surface area contributed by atoms with Crippen LogP contribution in [0.1, 0.15) is 0 Å². The van der Waals surface area contributed by atoms with Gasteiger partial charge in [-0.05, 0) is 24.3 Å². The summed E-state index contributed by atoms with van der Waals surface area (Å²) in [6, 6.07) is 11.9. The van der Waals surface area contributed by atoms with Gasteiger partial charge < -0.3 is 14.0 Å². The average Bonchev–Trinajstić information content (AvgIpc) is 2.35. The van der Waals surface area contributed by atoms with Crippen LogP contribution in [0.5, 0.6) is 23.0 Å². The topological polar surface area (TPSA) is 55.8 Å². The molecule has 5 heteroatoms. The van der Waals surface area contributed by atoms with E-state index < -0.39 is 11.1 Å². The van der Waals surface area contributed by atoms with Gasteiger partial charge in [0, 0.05) is 6.07 Å². The summed E-state index contributed by atoms with van der Waals surface area (Å²) >= 11 is -2.02. The molecule has 0 aliphatic carbocycles. The number of benzene rings is 2. The molecule has 0 amide bonds. The molecular formula is C12H8O4S. The van der Waals surface area contributed by atoms with Crippen molar-refractivity contribution in [2.45, 2.75) is 4.90 Å². The highest BCUT2D eigenvalue weighted by atomic mass is 32.2. The number of rotatable bonds is 1. The molecule has 0 fully saturated rings. The van der Waals surface area contributed by atoms with Crippen LogP contribution >= 0.6 is 0 Å². The molecule has 0 saturated heterocycles. The zero-order chi connectivity index (χ0) is 11.8. The van der Waals surface area contributed by atoms with E-state index in [0.29, 0.717) is 23.0 Å². The molecule has 17 heavy (non-hydrogen) atoms. The molecule has 86 valence electrons. The Morgan fingerprint density at radius 1 is 0.882 bits per heavy atom. The molecule has 1 aliphatic heterocycles. The average molecular weight is 248 g/mol. The third-order valence-electron chi connectivity index (χ3n) is 2.41. The van der Waals surface area contributed by atoms with Gasteiger partial charge in [0.15, 0.2) is 34.1 Å². The number of hydrogen-bond donors (Lipinski definition) is 1. The summed E-state index contributed by atoms with van der Waals surface area (Å²) in [6.45, 7) is 0. The van der Waals surface area contributed by atoms with Crippen molar-refractivity contribution in [3.05, 3.63) is 42.5 Å². The third kappa shape index (κ3) is 1.79. The second-order valence-corrected chi connectivity index (χ2v) is 4.48. The van der Waals surface area contributed by atoms with Crippen LogP contribution < -0.4 is 9.47 Å². The first-order chi connectivity index (χ1) is 8.24. The normalized spacial score (nSPS) is 13.9. The molecule has 1 N–H and O–H groups in total. The zero-order valence-corrected chi connectivity index (χ0v) is 9.44. The smallest absolute Gasteiger partial charge is 0.186 e. The number of hydrogen-bond acceptors (Lipinski definition) is 3. The lowest BCUT2D eigenvalue weighted by atomic mass is 10.2. The van der Waals surface area contributed by atoms with E-state index in [-0.39, 0.29) is 4.90 Å². The minimum Gasteiger partial charge on any atom is -0.450 e. The van der Waals surface area contributed by atoms with E-state index in [1.165, 1.54) is 12.1 Å². The molecule has 1 heterocycles. The van der Waals surface area contributed by atoms with Crippen LogP contribution in [0, 0.1) is 0 Å². The largest absolute Gasteiger partial charge is 0.450 e. The maximum atomic E-state index is 10.9. The summed E-state index contributed by atoms with van der Waals surface area (Å²) in [7, 11) is 0. The van der Waals surface area contributed by atoms with Crippen molar-refractivity contribution in [2.75, 3.05) is 0 Å². The number of para-hydroxylation sites is 2. The van der Waals surface area contributed by atoms with Gasteiger partial charge in [-0.2, -0.15) is 0 Å². The molecule has 1 atom stereocenters. The first kappa shape index (κ1) is 10.3. The molecule has 2 aromatic carbocycles. The Hall–Kier alpha value is -1.85. The minimum absolute atomic E-state index is 0.284. The molecular weight excluding hydrogens is 240 g/mol. The highest BCUT2D eigenvalue weighted by Gasteiger charge is 2.19. The summed E-state index contributed by atoms with van der Waals surface area (Å²) in [6.07, 6.45) is 0. The molecule has 3 rings (SSSR count). The van der Waals surface area contributed by atoms with Crippen molar-refractivity contribution in [1.29, 1.82) is 0 Å². The van der Waals surface area contributed by atoms with Gasteiger partial charge >= 0.3 is 0 Å². The molecule has 4 nitrogen and oxygen atoms in total. The van der Waals surface area contributed by atoms with E-state index in [0.717, 1.165) is 0 Å². The summed E-state index contributed by atoms with van der Waals surface area (Å²) in [5.74, 6) is 2.22. The lowest BCUT2D eigenvalue weighted by Gasteiger charge is -2.20. The van der Waals surface area contributed by atoms with Crippen molar-refractivity contribution in [2.24, 2.45) is 0 Å². The van der Waals surface area contributed by atoms with Crippen LogP contribution in [-0.4, -0.2) is 8.76 Å². The fraction of sp³-hybridized carbons (Fsp3) is 0. The Morgan fingerprint density at radius 2 is 1.47 bits per heavy atom. The van der Waals surface area contributed by atoms with Crippen LogP contribution in [0.2, 0.25) is 0 Å². The zero-order valence-electron chi connectivity index (χ0n) is 8.62. The van der Waals surface area contributed by atoms with Crippen molar-refractivity contribution >= 4 is 11.1 Å². The van der Waals surface area contributed by atoms with E-state index >= 15 is 0 Å². The van der Waals surface area contributed by atoms with E-state index in [9.17, 15) is 4.21 Å². The maximum Gasteiger partial charge on any atom is 0.186 e. The first-order valence-electron chi connectivity index (χ1n) is 4.94. The van der Waals surface area contributed by atoms with Gasteiger partial charge in [-0.25, -0.2) is 4.21 Å². The minimum atomic E-state index is -2.02. The predicted molar refractivity (Wildman–Crippen MR) is 62.1 cm³/mol. The lowest BCUT2D eigenvalue weighted by Crippen LogP contribution is -1.99. The van der Waals surface area contributed by atoms with Gasteiger partial charge in [0.2, 0.25) is 0 Å². The third-order valence-corrected chi connectivity index (χ3v) is 3.06. The quantitative estimate of drug-likeness (QED) is 0.672. The summed E-state index contributed by atoms with van der Waals surface area (Å²) in [4.78, 5) is 0.284. The summed E-state index contributed by atoms with van der Waals surface area (Å²) < 4.78 is 31.1. The molecule has 0 aromatic heterocycles. The van der Waals surface area contributed by atoms with E-state index in [2.05, 4.69) is 0 Å². The second kappa shape index (κ2) is 3.87. The monoisotopic (exact) mass is 248 g/mol.